The number of anilines is 1. The molecule has 0 saturated heterocycles. The molecule has 1 aromatic rings. The van der Waals surface area contributed by atoms with Crippen molar-refractivity contribution in [2.75, 3.05) is 19.5 Å². The molecule has 0 spiro atoms. The number of carbonyl (C=O) groups excluding carboxylic acids is 1. The fraction of sp³-hybridized carbons (Fsp3) is 0.300. The molecule has 2 amide bonds. The molecule has 0 bridgehead atoms. The first-order valence-electron chi connectivity index (χ1n) is 4.51. The highest BCUT2D eigenvalue weighted by atomic mass is 79.9. The van der Waals surface area contributed by atoms with Gasteiger partial charge in [-0.25, -0.2) is 9.86 Å². The van der Waals surface area contributed by atoms with Crippen LogP contribution in [-0.4, -0.2) is 25.3 Å². The van der Waals surface area contributed by atoms with Gasteiger partial charge in [0, 0.05) is 23.1 Å². The van der Waals surface area contributed by atoms with Gasteiger partial charge in [-0.1, -0.05) is 33.6 Å². The van der Waals surface area contributed by atoms with Crippen molar-refractivity contribution in [1.29, 1.82) is 0 Å². The molecule has 0 aromatic heterocycles. The van der Waals surface area contributed by atoms with Crippen molar-refractivity contribution < 1.29 is 9.63 Å². The third-order valence-corrected chi connectivity index (χ3v) is 2.96. The lowest BCUT2D eigenvalue weighted by molar-refractivity contribution is -0.0598. The Labute approximate surface area is 108 Å². The summed E-state index contributed by atoms with van der Waals surface area (Å²) >= 11 is 9.32. The Balaban J connectivity index is 2.75. The molecule has 0 aliphatic heterocycles. The molecule has 0 radical (unpaired) electrons. The second-order valence-electron chi connectivity index (χ2n) is 3.05. The minimum atomic E-state index is -0.356. The Kier molecular flexibility index (Phi) is 5.05. The van der Waals surface area contributed by atoms with E-state index in [4.69, 9.17) is 16.4 Å². The van der Waals surface area contributed by atoms with Crippen LogP contribution in [0.5, 0.6) is 0 Å². The molecule has 0 saturated carbocycles. The second kappa shape index (κ2) is 6.08. The fourth-order valence-electron chi connectivity index (χ4n) is 1.02. The first kappa shape index (κ1) is 13.3. The lowest BCUT2D eigenvalue weighted by Crippen LogP contribution is -2.30. The number of hydrogen-bond acceptors (Lipinski definition) is 2. The van der Waals surface area contributed by atoms with Gasteiger partial charge in [-0.3, -0.25) is 4.84 Å². The summed E-state index contributed by atoms with van der Waals surface area (Å²) in [5.74, 6) is 0. The van der Waals surface area contributed by atoms with Crippen LogP contribution >= 0.6 is 27.5 Å². The van der Waals surface area contributed by atoms with E-state index in [-0.39, 0.29) is 6.03 Å². The van der Waals surface area contributed by atoms with Crippen molar-refractivity contribution in [1.82, 2.24) is 5.06 Å². The summed E-state index contributed by atoms with van der Waals surface area (Å²) in [5, 5.41) is 5.02. The summed E-state index contributed by atoms with van der Waals surface area (Å²) in [6.45, 7) is 0. The lowest BCUT2D eigenvalue weighted by Gasteiger charge is -2.15. The molecule has 0 aliphatic rings. The highest BCUT2D eigenvalue weighted by Crippen LogP contribution is 2.22. The molecule has 0 unspecified atom stereocenters. The number of hydroxylamine groups is 2. The number of carbonyl (C=O) groups is 1. The smallest absolute Gasteiger partial charge is 0.306 e. The van der Waals surface area contributed by atoms with Crippen molar-refractivity contribution in [3.8, 4) is 0 Å². The summed E-state index contributed by atoms with van der Waals surface area (Å²) in [6, 6.07) is 4.97. The van der Waals surface area contributed by atoms with Gasteiger partial charge in [0.25, 0.3) is 0 Å². The molecule has 1 N–H and O–H groups in total. The molecule has 0 atom stereocenters. The highest BCUT2D eigenvalue weighted by molar-refractivity contribution is 9.08. The average Bonchev–Trinajstić information content (AvgIpc) is 2.28. The number of nitrogens with zero attached hydrogens (tertiary/aromatic N) is 1. The second-order valence-corrected chi connectivity index (χ2v) is 4.02. The Morgan fingerprint density at radius 1 is 1.62 bits per heavy atom. The van der Waals surface area contributed by atoms with Crippen molar-refractivity contribution in [2.24, 2.45) is 0 Å². The van der Waals surface area contributed by atoms with E-state index < -0.39 is 0 Å². The molecule has 88 valence electrons. The monoisotopic (exact) mass is 306 g/mol. The van der Waals surface area contributed by atoms with E-state index in [1.54, 1.807) is 12.1 Å². The standard InChI is InChI=1S/C10H12BrClN2O2/c1-14(16-2)10(15)13-8-4-3-7(6-11)9(12)5-8/h3-5H,6H2,1-2H3,(H,13,15). The van der Waals surface area contributed by atoms with E-state index >= 15 is 0 Å². The van der Waals surface area contributed by atoms with E-state index in [2.05, 4.69) is 21.2 Å². The third-order valence-electron chi connectivity index (χ3n) is 2.01. The molecule has 1 rings (SSSR count). The number of urea groups is 1. The largest absolute Gasteiger partial charge is 0.345 e. The number of rotatable bonds is 3. The SMILES string of the molecule is CON(C)C(=O)Nc1ccc(CBr)c(Cl)c1. The van der Waals surface area contributed by atoms with Crippen LogP contribution in [0, 0.1) is 0 Å². The molecule has 0 heterocycles. The maximum absolute atomic E-state index is 11.4. The minimum absolute atomic E-state index is 0.356. The van der Waals surface area contributed by atoms with Crippen LogP contribution in [-0.2, 0) is 10.2 Å². The molecule has 0 aliphatic carbocycles. The normalized spacial score (nSPS) is 10.0. The number of halogens is 2. The van der Waals surface area contributed by atoms with Crippen molar-refractivity contribution in [2.45, 2.75) is 5.33 Å². The number of hydrogen-bond donors (Lipinski definition) is 1. The number of nitrogens with one attached hydrogen (secondary N) is 1. The van der Waals surface area contributed by atoms with Gasteiger partial charge >= 0.3 is 6.03 Å². The molecule has 0 fully saturated rings. The summed E-state index contributed by atoms with van der Waals surface area (Å²) in [4.78, 5) is 16.2. The van der Waals surface area contributed by atoms with Gasteiger partial charge < -0.3 is 5.32 Å². The Bertz CT molecular complexity index is 387. The molecular formula is C10H12BrClN2O2. The summed E-state index contributed by atoms with van der Waals surface area (Å²) < 4.78 is 0. The molecule has 16 heavy (non-hydrogen) atoms. The van der Waals surface area contributed by atoms with Crippen LogP contribution in [0.3, 0.4) is 0 Å². The van der Waals surface area contributed by atoms with E-state index in [0.717, 1.165) is 10.6 Å². The Morgan fingerprint density at radius 2 is 2.31 bits per heavy atom. The number of amides is 2. The number of benzene rings is 1. The molecule has 1 aromatic carbocycles. The zero-order chi connectivity index (χ0) is 12.1. The third kappa shape index (κ3) is 3.37. The Hall–Kier alpha value is -0.780. The molecule has 4 nitrogen and oxygen atoms in total. The summed E-state index contributed by atoms with van der Waals surface area (Å²) in [7, 11) is 2.93. The average molecular weight is 308 g/mol. The summed E-state index contributed by atoms with van der Waals surface area (Å²) in [6.07, 6.45) is 0. The van der Waals surface area contributed by atoms with Gasteiger partial charge in [-0.15, -0.1) is 0 Å². The molecule has 6 heteroatoms. The van der Waals surface area contributed by atoms with Crippen LogP contribution in [0.2, 0.25) is 5.02 Å². The topological polar surface area (TPSA) is 41.6 Å². The van der Waals surface area contributed by atoms with Gasteiger partial charge in [0.2, 0.25) is 0 Å². The van der Waals surface area contributed by atoms with Crippen LogP contribution < -0.4 is 5.32 Å². The first-order valence-corrected chi connectivity index (χ1v) is 6.01. The van der Waals surface area contributed by atoms with Crippen LogP contribution in [0.15, 0.2) is 18.2 Å². The van der Waals surface area contributed by atoms with E-state index in [0.29, 0.717) is 16.0 Å². The first-order chi connectivity index (χ1) is 7.58. The fourth-order valence-corrected chi connectivity index (χ4v) is 1.92. The minimum Gasteiger partial charge on any atom is -0.306 e. The van der Waals surface area contributed by atoms with Crippen LogP contribution in [0.4, 0.5) is 10.5 Å². The maximum Gasteiger partial charge on any atom is 0.345 e. The van der Waals surface area contributed by atoms with Gasteiger partial charge in [0.05, 0.1) is 7.11 Å². The predicted octanol–water partition coefficient (Wildman–Crippen LogP) is 3.26. The van der Waals surface area contributed by atoms with E-state index in [1.165, 1.54) is 14.2 Å². The maximum atomic E-state index is 11.4. The zero-order valence-corrected chi connectivity index (χ0v) is 11.3. The van der Waals surface area contributed by atoms with Crippen molar-refractivity contribution in [3.05, 3.63) is 28.8 Å². The van der Waals surface area contributed by atoms with E-state index in [9.17, 15) is 4.79 Å². The van der Waals surface area contributed by atoms with Crippen LogP contribution in [0.1, 0.15) is 5.56 Å². The quantitative estimate of drug-likeness (QED) is 0.688. The van der Waals surface area contributed by atoms with Gasteiger partial charge in [0.1, 0.15) is 0 Å². The van der Waals surface area contributed by atoms with Gasteiger partial charge in [-0.05, 0) is 17.7 Å². The van der Waals surface area contributed by atoms with Crippen molar-refractivity contribution >= 4 is 39.2 Å². The van der Waals surface area contributed by atoms with Crippen LogP contribution in [0.25, 0.3) is 0 Å². The molecular weight excluding hydrogens is 295 g/mol. The van der Waals surface area contributed by atoms with Gasteiger partial charge in [-0.2, -0.15) is 0 Å². The zero-order valence-electron chi connectivity index (χ0n) is 8.96. The summed E-state index contributed by atoms with van der Waals surface area (Å²) in [5.41, 5.74) is 1.60. The van der Waals surface area contributed by atoms with Crippen molar-refractivity contribution in [3.63, 3.8) is 0 Å². The Morgan fingerprint density at radius 3 is 2.81 bits per heavy atom. The predicted molar refractivity (Wildman–Crippen MR) is 67.9 cm³/mol. The van der Waals surface area contributed by atoms with Gasteiger partial charge in [0.15, 0.2) is 0 Å². The lowest BCUT2D eigenvalue weighted by atomic mass is 10.2. The highest BCUT2D eigenvalue weighted by Gasteiger charge is 2.08. The van der Waals surface area contributed by atoms with E-state index in [1.807, 2.05) is 6.07 Å². The number of alkyl halides is 1.